The van der Waals surface area contributed by atoms with Gasteiger partial charge >= 0.3 is 0 Å². The van der Waals surface area contributed by atoms with Gasteiger partial charge in [-0.1, -0.05) is 12.1 Å². The molecule has 126 valence electrons. The average Bonchev–Trinajstić information content (AvgIpc) is 2.66. The Hall–Kier alpha value is -3.40. The number of anilines is 2. The minimum Gasteiger partial charge on any atom is -0.495 e. The van der Waals surface area contributed by atoms with Crippen LogP contribution in [-0.4, -0.2) is 31.2 Å². The van der Waals surface area contributed by atoms with Crippen LogP contribution < -0.4 is 14.4 Å². The van der Waals surface area contributed by atoms with Crippen molar-refractivity contribution >= 4 is 22.5 Å². The van der Waals surface area contributed by atoms with Crippen molar-refractivity contribution < 1.29 is 13.9 Å². The van der Waals surface area contributed by atoms with E-state index in [9.17, 15) is 9.65 Å². The lowest BCUT2D eigenvalue weighted by molar-refractivity contribution is 0.372. The first kappa shape index (κ1) is 16.5. The zero-order chi connectivity index (χ0) is 18.0. The van der Waals surface area contributed by atoms with E-state index in [1.54, 1.807) is 13.2 Å². The van der Waals surface area contributed by atoms with Crippen LogP contribution in [0.2, 0.25) is 0 Å². The van der Waals surface area contributed by atoms with Crippen LogP contribution in [0.25, 0.3) is 11.0 Å². The zero-order valence-electron chi connectivity index (χ0n) is 13.9. The van der Waals surface area contributed by atoms with Crippen LogP contribution >= 0.6 is 0 Å². The normalized spacial score (nSPS) is 10.4. The Morgan fingerprint density at radius 1 is 1.16 bits per heavy atom. The zero-order valence-corrected chi connectivity index (χ0v) is 13.9. The number of hydrogen-bond acceptors (Lipinski definition) is 6. The van der Waals surface area contributed by atoms with E-state index >= 15 is 0 Å². The summed E-state index contributed by atoms with van der Waals surface area (Å²) in [5.74, 6) is -0.169. The molecule has 0 aliphatic carbocycles. The summed E-state index contributed by atoms with van der Waals surface area (Å²) in [5.41, 5.74) is 1.61. The van der Waals surface area contributed by atoms with E-state index in [-0.39, 0.29) is 22.7 Å². The Balaban J connectivity index is 2.15. The highest BCUT2D eigenvalue weighted by Gasteiger charge is 2.23. The molecule has 0 aliphatic heterocycles. The summed E-state index contributed by atoms with van der Waals surface area (Å²) in [6, 6.07) is 10.7. The van der Waals surface area contributed by atoms with Crippen LogP contribution in [0.15, 0.2) is 36.5 Å². The number of nitriles is 1. The summed E-state index contributed by atoms with van der Waals surface area (Å²) in [7, 11) is 4.37. The van der Waals surface area contributed by atoms with Gasteiger partial charge in [0.1, 0.15) is 17.4 Å². The molecule has 0 radical (unpaired) electrons. The van der Waals surface area contributed by atoms with Gasteiger partial charge in [-0.15, -0.1) is 0 Å². The van der Waals surface area contributed by atoms with Gasteiger partial charge in [0, 0.05) is 13.1 Å². The summed E-state index contributed by atoms with van der Waals surface area (Å²) in [6.45, 7) is 0. The van der Waals surface area contributed by atoms with Gasteiger partial charge in [0.25, 0.3) is 0 Å². The van der Waals surface area contributed by atoms with Crippen LogP contribution in [0.3, 0.4) is 0 Å². The van der Waals surface area contributed by atoms with E-state index in [1.807, 2.05) is 30.3 Å². The Bertz CT molecular complexity index is 985. The van der Waals surface area contributed by atoms with Gasteiger partial charge in [-0.05, 0) is 12.1 Å². The smallest absolute Gasteiger partial charge is 0.190 e. The summed E-state index contributed by atoms with van der Waals surface area (Å²) >= 11 is 0. The Morgan fingerprint density at radius 2 is 1.88 bits per heavy atom. The number of halogens is 1. The number of methoxy groups -OCH3 is 2. The summed E-state index contributed by atoms with van der Waals surface area (Å²) < 4.78 is 25.1. The monoisotopic (exact) mass is 338 g/mol. The number of aromatic nitrogens is 2. The lowest BCUT2D eigenvalue weighted by atomic mass is 10.1. The van der Waals surface area contributed by atoms with Gasteiger partial charge in [0.05, 0.1) is 37.1 Å². The molecule has 3 aromatic rings. The second kappa shape index (κ2) is 6.61. The number of benzene rings is 2. The highest BCUT2D eigenvalue weighted by atomic mass is 19.1. The van der Waals surface area contributed by atoms with Crippen molar-refractivity contribution in [2.24, 2.45) is 0 Å². The molecular weight excluding hydrogens is 323 g/mol. The molecule has 0 spiro atoms. The van der Waals surface area contributed by atoms with Gasteiger partial charge in [0.15, 0.2) is 17.4 Å². The van der Waals surface area contributed by atoms with Crippen molar-refractivity contribution in [1.82, 2.24) is 9.97 Å². The number of nitrogens with zero attached hydrogens (tertiary/aromatic N) is 4. The molecule has 25 heavy (non-hydrogen) atoms. The third-order valence-electron chi connectivity index (χ3n) is 3.84. The SMILES string of the molecule is COc1cc(N(C)c2cnc3ccccc3n2)c(F)c(OC)c1C#N. The molecule has 0 aliphatic rings. The maximum atomic E-state index is 14.9. The number of ether oxygens (including phenoxy) is 2. The topological polar surface area (TPSA) is 71.3 Å². The highest BCUT2D eigenvalue weighted by Crippen LogP contribution is 2.39. The van der Waals surface area contributed by atoms with E-state index in [0.29, 0.717) is 11.3 Å². The number of fused-ring (bicyclic) bond motifs is 1. The van der Waals surface area contributed by atoms with E-state index < -0.39 is 5.82 Å². The largest absolute Gasteiger partial charge is 0.495 e. The van der Waals surface area contributed by atoms with Crippen LogP contribution in [0.1, 0.15) is 5.56 Å². The molecule has 1 heterocycles. The molecular formula is C18H15FN4O2. The fourth-order valence-corrected chi connectivity index (χ4v) is 2.53. The quantitative estimate of drug-likeness (QED) is 0.726. The second-order valence-corrected chi connectivity index (χ2v) is 5.21. The molecule has 0 saturated heterocycles. The predicted molar refractivity (Wildman–Crippen MR) is 91.8 cm³/mol. The van der Waals surface area contributed by atoms with E-state index in [2.05, 4.69) is 9.97 Å². The van der Waals surface area contributed by atoms with Crippen LogP contribution in [0, 0.1) is 17.1 Å². The highest BCUT2D eigenvalue weighted by molar-refractivity contribution is 5.77. The number of para-hydroxylation sites is 2. The maximum Gasteiger partial charge on any atom is 0.190 e. The van der Waals surface area contributed by atoms with Crippen LogP contribution in [-0.2, 0) is 0 Å². The molecule has 3 rings (SSSR count). The molecule has 0 amide bonds. The van der Waals surface area contributed by atoms with Gasteiger partial charge in [-0.3, -0.25) is 4.98 Å². The van der Waals surface area contributed by atoms with Crippen molar-refractivity contribution in [3.05, 3.63) is 47.9 Å². The molecule has 1 aromatic heterocycles. The Morgan fingerprint density at radius 3 is 2.52 bits per heavy atom. The van der Waals surface area contributed by atoms with Gasteiger partial charge in [-0.25, -0.2) is 9.37 Å². The first-order valence-electron chi connectivity index (χ1n) is 7.40. The molecule has 0 bridgehead atoms. The molecule has 2 aromatic carbocycles. The maximum absolute atomic E-state index is 14.9. The average molecular weight is 338 g/mol. The van der Waals surface area contributed by atoms with E-state index in [4.69, 9.17) is 9.47 Å². The lowest BCUT2D eigenvalue weighted by Crippen LogP contribution is -2.14. The van der Waals surface area contributed by atoms with E-state index in [0.717, 1.165) is 5.52 Å². The van der Waals surface area contributed by atoms with Crippen molar-refractivity contribution in [2.75, 3.05) is 26.2 Å². The minimum atomic E-state index is -0.669. The lowest BCUT2D eigenvalue weighted by Gasteiger charge is -2.21. The van der Waals surface area contributed by atoms with Crippen molar-refractivity contribution in [1.29, 1.82) is 5.26 Å². The van der Waals surface area contributed by atoms with Gasteiger partial charge in [0.2, 0.25) is 0 Å². The van der Waals surface area contributed by atoms with Crippen LogP contribution in [0.5, 0.6) is 11.5 Å². The summed E-state index contributed by atoms with van der Waals surface area (Å²) in [5, 5.41) is 9.24. The Kier molecular flexibility index (Phi) is 4.35. The van der Waals surface area contributed by atoms with Gasteiger partial charge in [-0.2, -0.15) is 5.26 Å². The summed E-state index contributed by atoms with van der Waals surface area (Å²) in [4.78, 5) is 10.4. The minimum absolute atomic E-state index is 0.00393. The molecule has 0 saturated carbocycles. The fraction of sp³-hybridized carbons (Fsp3) is 0.167. The van der Waals surface area contributed by atoms with E-state index in [1.165, 1.54) is 25.2 Å². The Labute approximate surface area is 144 Å². The van der Waals surface area contributed by atoms with Crippen molar-refractivity contribution in [3.63, 3.8) is 0 Å². The number of rotatable bonds is 4. The predicted octanol–water partition coefficient (Wildman–Crippen LogP) is 3.43. The molecule has 6 nitrogen and oxygen atoms in total. The van der Waals surface area contributed by atoms with Crippen LogP contribution in [0.4, 0.5) is 15.9 Å². The standard InChI is InChI=1S/C18H15FN4O2/c1-23(16-10-21-12-6-4-5-7-13(12)22-16)14-8-15(24-2)11(9-20)18(25-3)17(14)19/h4-8,10H,1-3H3. The van der Waals surface area contributed by atoms with Gasteiger partial charge < -0.3 is 14.4 Å². The molecule has 0 unspecified atom stereocenters. The number of hydrogen-bond donors (Lipinski definition) is 0. The summed E-state index contributed by atoms with van der Waals surface area (Å²) in [6.07, 6.45) is 1.55. The first-order chi connectivity index (χ1) is 12.1. The third-order valence-corrected chi connectivity index (χ3v) is 3.84. The second-order valence-electron chi connectivity index (χ2n) is 5.21. The molecule has 0 fully saturated rings. The third kappa shape index (κ3) is 2.78. The first-order valence-corrected chi connectivity index (χ1v) is 7.40. The fourth-order valence-electron chi connectivity index (χ4n) is 2.53. The van der Waals surface area contributed by atoms with Crippen molar-refractivity contribution in [3.8, 4) is 17.6 Å². The molecule has 7 heteroatoms. The van der Waals surface area contributed by atoms with Crippen molar-refractivity contribution in [2.45, 2.75) is 0 Å². The molecule has 0 N–H and O–H groups in total. The molecule has 0 atom stereocenters.